The summed E-state index contributed by atoms with van der Waals surface area (Å²) in [5.41, 5.74) is 3.63. The maximum Gasteiger partial charge on any atom is 0.309 e. The van der Waals surface area contributed by atoms with Gasteiger partial charge in [-0.05, 0) is 56.2 Å². The summed E-state index contributed by atoms with van der Waals surface area (Å²) in [7, 11) is 0. The molecule has 5 nitrogen and oxygen atoms in total. The molecular formula is C26H25NO4. The molecule has 2 N–H and O–H groups in total. The highest BCUT2D eigenvalue weighted by molar-refractivity contribution is 6.04. The van der Waals surface area contributed by atoms with E-state index in [0.29, 0.717) is 16.8 Å². The first-order valence-corrected chi connectivity index (χ1v) is 10.0. The van der Waals surface area contributed by atoms with Gasteiger partial charge in [0.1, 0.15) is 0 Å². The average Bonchev–Trinajstić information content (AvgIpc) is 2.74. The number of nitrogens with one attached hydrogen (secondary N) is 1. The van der Waals surface area contributed by atoms with Crippen molar-refractivity contribution < 1.29 is 19.5 Å². The van der Waals surface area contributed by atoms with E-state index in [0.717, 1.165) is 16.7 Å². The van der Waals surface area contributed by atoms with Gasteiger partial charge < -0.3 is 10.4 Å². The minimum absolute atomic E-state index is 0.0585. The summed E-state index contributed by atoms with van der Waals surface area (Å²) in [5, 5.41) is 12.1. The van der Waals surface area contributed by atoms with E-state index in [2.05, 4.69) is 5.32 Å². The Morgan fingerprint density at radius 3 is 1.77 bits per heavy atom. The summed E-state index contributed by atoms with van der Waals surface area (Å²) in [6.45, 7) is 5.06. The van der Waals surface area contributed by atoms with Crippen LogP contribution >= 0.6 is 0 Å². The second-order valence-corrected chi connectivity index (χ2v) is 8.26. The highest BCUT2D eigenvalue weighted by Gasteiger charge is 2.30. The first-order chi connectivity index (χ1) is 14.7. The number of aryl methyl sites for hydroxylation is 1. The van der Waals surface area contributed by atoms with Crippen LogP contribution in [0, 0.1) is 12.3 Å². The monoisotopic (exact) mass is 415 g/mol. The van der Waals surface area contributed by atoms with Crippen LogP contribution < -0.4 is 5.32 Å². The third-order valence-corrected chi connectivity index (χ3v) is 5.18. The van der Waals surface area contributed by atoms with Crippen molar-refractivity contribution in [2.75, 3.05) is 5.32 Å². The quantitative estimate of drug-likeness (QED) is 0.492. The van der Waals surface area contributed by atoms with Crippen molar-refractivity contribution in [1.29, 1.82) is 0 Å². The minimum atomic E-state index is -1.10. The first kappa shape index (κ1) is 22.0. The van der Waals surface area contributed by atoms with Crippen molar-refractivity contribution in [3.8, 4) is 11.1 Å². The second-order valence-electron chi connectivity index (χ2n) is 8.26. The van der Waals surface area contributed by atoms with E-state index in [1.165, 1.54) is 0 Å². The van der Waals surface area contributed by atoms with Crippen molar-refractivity contribution in [3.63, 3.8) is 0 Å². The summed E-state index contributed by atoms with van der Waals surface area (Å²) in [6.07, 6.45) is -0.0585. The molecule has 0 fully saturated rings. The molecule has 0 unspecified atom stereocenters. The Morgan fingerprint density at radius 1 is 0.774 bits per heavy atom. The maximum atomic E-state index is 12.4. The molecule has 0 aliphatic carbocycles. The van der Waals surface area contributed by atoms with Crippen LogP contribution in [0.15, 0.2) is 72.8 Å². The van der Waals surface area contributed by atoms with Crippen LogP contribution in [0.5, 0.6) is 0 Å². The Balaban J connectivity index is 1.67. The molecule has 5 heteroatoms. The first-order valence-electron chi connectivity index (χ1n) is 10.0. The number of benzene rings is 3. The number of aliphatic carboxylic acids is 1. The van der Waals surface area contributed by atoms with Crippen molar-refractivity contribution in [2.45, 2.75) is 27.2 Å². The molecular weight excluding hydrogens is 390 g/mol. The van der Waals surface area contributed by atoms with Crippen LogP contribution in [-0.2, 0) is 4.79 Å². The van der Waals surface area contributed by atoms with Gasteiger partial charge in [0.15, 0.2) is 5.78 Å². The Kier molecular flexibility index (Phi) is 6.35. The predicted molar refractivity (Wildman–Crippen MR) is 121 cm³/mol. The summed E-state index contributed by atoms with van der Waals surface area (Å²) in [5.74, 6) is -1.36. The average molecular weight is 415 g/mol. The van der Waals surface area contributed by atoms with Gasteiger partial charge in [0.05, 0.1) is 5.41 Å². The Labute approximate surface area is 181 Å². The van der Waals surface area contributed by atoms with Gasteiger partial charge in [0.2, 0.25) is 0 Å². The number of carboxylic acid groups (broad SMARTS) is 1. The zero-order valence-electron chi connectivity index (χ0n) is 17.8. The number of rotatable bonds is 7. The zero-order chi connectivity index (χ0) is 22.6. The van der Waals surface area contributed by atoms with Gasteiger partial charge in [0.25, 0.3) is 5.91 Å². The fraction of sp³-hybridized carbons (Fsp3) is 0.192. The predicted octanol–water partition coefficient (Wildman–Crippen LogP) is 5.60. The molecule has 0 saturated carbocycles. The molecule has 0 radical (unpaired) electrons. The lowest BCUT2D eigenvalue weighted by molar-refractivity contribution is -0.146. The largest absolute Gasteiger partial charge is 0.481 e. The molecule has 0 bridgehead atoms. The number of hydrogen-bond donors (Lipinski definition) is 2. The van der Waals surface area contributed by atoms with E-state index >= 15 is 0 Å². The molecule has 1 amide bonds. The van der Waals surface area contributed by atoms with E-state index in [9.17, 15) is 19.5 Å². The molecule has 0 heterocycles. The van der Waals surface area contributed by atoms with Crippen LogP contribution in [-0.4, -0.2) is 22.8 Å². The maximum absolute atomic E-state index is 12.4. The van der Waals surface area contributed by atoms with Crippen molar-refractivity contribution in [2.24, 2.45) is 5.41 Å². The van der Waals surface area contributed by atoms with Crippen LogP contribution in [0.1, 0.15) is 46.5 Å². The summed E-state index contributed by atoms with van der Waals surface area (Å²) in [6, 6.07) is 21.9. The normalized spacial score (nSPS) is 11.1. The van der Waals surface area contributed by atoms with Gasteiger partial charge in [-0.15, -0.1) is 0 Å². The molecule has 0 aliphatic rings. The molecule has 3 rings (SSSR count). The molecule has 31 heavy (non-hydrogen) atoms. The fourth-order valence-corrected chi connectivity index (χ4v) is 3.08. The SMILES string of the molecule is Cc1ccc(C(=O)Nc2ccc(-c3ccc(C(=O)CC(C)(C)C(=O)O)cc3)cc2)cc1. The number of hydrogen-bond acceptors (Lipinski definition) is 3. The number of carboxylic acids is 1. The van der Waals surface area contributed by atoms with Gasteiger partial charge in [-0.3, -0.25) is 14.4 Å². The molecule has 0 aliphatic heterocycles. The number of carbonyl (C=O) groups excluding carboxylic acids is 2. The van der Waals surface area contributed by atoms with E-state index < -0.39 is 11.4 Å². The number of Topliss-reactive ketones (excluding diaryl/α,β-unsaturated/α-hetero) is 1. The second kappa shape index (κ2) is 8.96. The topological polar surface area (TPSA) is 83.5 Å². The number of ketones is 1. The van der Waals surface area contributed by atoms with Gasteiger partial charge in [-0.25, -0.2) is 0 Å². The van der Waals surface area contributed by atoms with E-state index in [-0.39, 0.29) is 18.1 Å². The molecule has 0 atom stereocenters. The molecule has 158 valence electrons. The number of anilines is 1. The van der Waals surface area contributed by atoms with Crippen LogP contribution in [0.4, 0.5) is 5.69 Å². The standard InChI is InChI=1S/C26H25NO4/c1-17-4-6-21(7-5-17)24(29)27-22-14-12-19(13-15-22)18-8-10-20(11-9-18)23(28)16-26(2,3)25(30)31/h4-15H,16H2,1-3H3,(H,27,29)(H,30,31). The Bertz CT molecular complexity index is 1100. The Hall–Kier alpha value is -3.73. The van der Waals surface area contributed by atoms with Gasteiger partial charge in [-0.2, -0.15) is 0 Å². The highest BCUT2D eigenvalue weighted by atomic mass is 16.4. The minimum Gasteiger partial charge on any atom is -0.481 e. The lowest BCUT2D eigenvalue weighted by atomic mass is 9.85. The smallest absolute Gasteiger partial charge is 0.309 e. The zero-order valence-corrected chi connectivity index (χ0v) is 17.8. The van der Waals surface area contributed by atoms with E-state index in [1.54, 1.807) is 38.1 Å². The molecule has 0 aromatic heterocycles. The molecule has 3 aromatic rings. The third-order valence-electron chi connectivity index (χ3n) is 5.18. The van der Waals surface area contributed by atoms with Crippen LogP contribution in [0.2, 0.25) is 0 Å². The molecule has 3 aromatic carbocycles. The van der Waals surface area contributed by atoms with Gasteiger partial charge in [0, 0.05) is 23.2 Å². The van der Waals surface area contributed by atoms with Crippen LogP contribution in [0.3, 0.4) is 0 Å². The Morgan fingerprint density at radius 2 is 1.26 bits per heavy atom. The van der Waals surface area contributed by atoms with Crippen LogP contribution in [0.25, 0.3) is 11.1 Å². The lowest BCUT2D eigenvalue weighted by Crippen LogP contribution is -2.26. The van der Waals surface area contributed by atoms with E-state index in [1.807, 2.05) is 55.5 Å². The summed E-state index contributed by atoms with van der Waals surface area (Å²) in [4.78, 5) is 36.0. The highest BCUT2D eigenvalue weighted by Crippen LogP contribution is 2.26. The van der Waals surface area contributed by atoms with Crippen molar-refractivity contribution in [3.05, 3.63) is 89.5 Å². The van der Waals surface area contributed by atoms with Gasteiger partial charge >= 0.3 is 5.97 Å². The van der Waals surface area contributed by atoms with Crippen molar-refractivity contribution in [1.82, 2.24) is 0 Å². The number of carbonyl (C=O) groups is 3. The summed E-state index contributed by atoms with van der Waals surface area (Å²) < 4.78 is 0. The third kappa shape index (κ3) is 5.45. The number of amides is 1. The van der Waals surface area contributed by atoms with E-state index in [4.69, 9.17) is 0 Å². The molecule has 0 spiro atoms. The van der Waals surface area contributed by atoms with Gasteiger partial charge in [-0.1, -0.05) is 54.1 Å². The fourth-order valence-electron chi connectivity index (χ4n) is 3.08. The van der Waals surface area contributed by atoms with Crippen molar-refractivity contribution >= 4 is 23.3 Å². The molecule has 0 saturated heterocycles. The lowest BCUT2D eigenvalue weighted by Gasteiger charge is -2.17. The summed E-state index contributed by atoms with van der Waals surface area (Å²) >= 11 is 0.